The largest absolute Gasteiger partial charge is 0.478 e. The van der Waals surface area contributed by atoms with Crippen LogP contribution in [0.15, 0.2) is 46.9 Å². The Hall–Kier alpha value is -3.69. The van der Waals surface area contributed by atoms with E-state index in [2.05, 4.69) is 10.9 Å². The first-order valence-corrected chi connectivity index (χ1v) is 7.30. The number of nitrogens with one attached hydrogen (secondary N) is 2. The molecule has 0 unspecified atom stereocenters. The third-order valence-electron chi connectivity index (χ3n) is 3.01. The summed E-state index contributed by atoms with van der Waals surface area (Å²) in [6.07, 6.45) is 1.13. The van der Waals surface area contributed by atoms with Gasteiger partial charge in [0.05, 0.1) is 6.07 Å². The predicted molar refractivity (Wildman–Crippen MR) is 87.2 cm³/mol. The molecule has 2 aromatic rings. The molecule has 1 aromatic heterocycles. The molecule has 0 fully saturated rings. The molecule has 0 aliphatic carbocycles. The fraction of sp³-hybridized carbons (Fsp3) is 0.125. The molecule has 0 radical (unpaired) electrons. The number of furan rings is 1. The Balaban J connectivity index is 1.82. The number of ether oxygens (including phenoxy) is 1. The van der Waals surface area contributed by atoms with Crippen LogP contribution in [0.25, 0.3) is 6.08 Å². The fourth-order valence-electron chi connectivity index (χ4n) is 1.74. The number of hydrogen-bond donors (Lipinski definition) is 2. The Labute approximate surface area is 146 Å². The topological polar surface area (TPSA) is 124 Å². The van der Waals surface area contributed by atoms with Crippen molar-refractivity contribution in [3.05, 3.63) is 64.2 Å². The lowest BCUT2D eigenvalue weighted by Crippen LogP contribution is -2.46. The fourth-order valence-corrected chi connectivity index (χ4v) is 1.74. The molecule has 0 aliphatic rings. The van der Waals surface area contributed by atoms with E-state index < -0.39 is 34.5 Å². The van der Waals surface area contributed by atoms with Crippen molar-refractivity contribution in [2.75, 3.05) is 0 Å². The molecular formula is C16H14FN3O6. The van der Waals surface area contributed by atoms with E-state index in [0.29, 0.717) is 0 Å². The Morgan fingerprint density at radius 3 is 2.65 bits per heavy atom. The molecule has 0 bridgehead atoms. The minimum absolute atomic E-state index is 0.0921. The van der Waals surface area contributed by atoms with Gasteiger partial charge in [-0.3, -0.25) is 30.6 Å². The van der Waals surface area contributed by atoms with Crippen molar-refractivity contribution in [3.63, 3.8) is 0 Å². The number of carbonyl (C=O) groups excluding carboxylic acids is 2. The summed E-state index contributed by atoms with van der Waals surface area (Å²) >= 11 is 0. The summed E-state index contributed by atoms with van der Waals surface area (Å²) in [4.78, 5) is 33.2. The average Bonchev–Trinajstić information content (AvgIpc) is 3.09. The van der Waals surface area contributed by atoms with Gasteiger partial charge in [-0.05, 0) is 31.2 Å². The van der Waals surface area contributed by atoms with Crippen LogP contribution in [0.3, 0.4) is 0 Å². The first kappa shape index (κ1) is 18.6. The van der Waals surface area contributed by atoms with Gasteiger partial charge < -0.3 is 9.15 Å². The quantitative estimate of drug-likeness (QED) is 0.459. The molecule has 2 amide bonds. The summed E-state index contributed by atoms with van der Waals surface area (Å²) in [5, 5.41) is 10.5. The van der Waals surface area contributed by atoms with Crippen molar-refractivity contribution in [2.24, 2.45) is 0 Å². The molecule has 0 aliphatic heterocycles. The van der Waals surface area contributed by atoms with Crippen molar-refractivity contribution in [1.82, 2.24) is 10.9 Å². The number of nitrogens with zero attached hydrogens (tertiary/aromatic N) is 1. The van der Waals surface area contributed by atoms with E-state index in [9.17, 15) is 24.1 Å². The summed E-state index contributed by atoms with van der Waals surface area (Å²) in [6, 6.07) is 8.03. The number of benzene rings is 1. The molecule has 1 heterocycles. The average molecular weight is 363 g/mol. The van der Waals surface area contributed by atoms with Gasteiger partial charge in [-0.25, -0.2) is 4.39 Å². The van der Waals surface area contributed by atoms with Gasteiger partial charge in [0.1, 0.15) is 10.7 Å². The lowest BCUT2D eigenvalue weighted by atomic mass is 10.3. The molecule has 9 nitrogen and oxygen atoms in total. The zero-order valence-electron chi connectivity index (χ0n) is 13.5. The van der Waals surface area contributed by atoms with Crippen molar-refractivity contribution in [1.29, 1.82) is 0 Å². The smallest absolute Gasteiger partial charge is 0.433 e. The Kier molecular flexibility index (Phi) is 6.04. The second-order valence-corrected chi connectivity index (χ2v) is 4.94. The highest BCUT2D eigenvalue weighted by Gasteiger charge is 2.16. The van der Waals surface area contributed by atoms with E-state index >= 15 is 0 Å². The molecule has 1 aromatic carbocycles. The molecule has 2 N–H and O–H groups in total. The van der Waals surface area contributed by atoms with Crippen molar-refractivity contribution < 1.29 is 28.1 Å². The summed E-state index contributed by atoms with van der Waals surface area (Å²) < 4.78 is 23.4. The van der Waals surface area contributed by atoms with E-state index in [4.69, 9.17) is 9.15 Å². The number of halogens is 1. The lowest BCUT2D eigenvalue weighted by molar-refractivity contribution is -0.402. The number of rotatable bonds is 6. The molecule has 2 rings (SSSR count). The van der Waals surface area contributed by atoms with Gasteiger partial charge in [0.25, 0.3) is 11.8 Å². The second-order valence-electron chi connectivity index (χ2n) is 4.94. The summed E-state index contributed by atoms with van der Waals surface area (Å²) in [7, 11) is 0. The lowest BCUT2D eigenvalue weighted by Gasteiger charge is -2.15. The molecule has 0 saturated heterocycles. The van der Waals surface area contributed by atoms with Gasteiger partial charge in [-0.15, -0.1) is 0 Å². The number of para-hydroxylation sites is 1. The van der Waals surface area contributed by atoms with Crippen LogP contribution >= 0.6 is 0 Å². The van der Waals surface area contributed by atoms with Gasteiger partial charge in [0, 0.05) is 6.08 Å². The Morgan fingerprint density at radius 1 is 1.27 bits per heavy atom. The maximum absolute atomic E-state index is 13.5. The highest BCUT2D eigenvalue weighted by Crippen LogP contribution is 2.17. The van der Waals surface area contributed by atoms with Crippen LogP contribution in [-0.4, -0.2) is 22.8 Å². The third-order valence-corrected chi connectivity index (χ3v) is 3.01. The maximum Gasteiger partial charge on any atom is 0.433 e. The van der Waals surface area contributed by atoms with E-state index in [-0.39, 0.29) is 11.5 Å². The number of hydrogen-bond acceptors (Lipinski definition) is 6. The molecule has 0 spiro atoms. The zero-order chi connectivity index (χ0) is 19.1. The van der Waals surface area contributed by atoms with E-state index in [1.807, 2.05) is 0 Å². The molecule has 10 heteroatoms. The Morgan fingerprint density at radius 2 is 2.00 bits per heavy atom. The highest BCUT2D eigenvalue weighted by molar-refractivity contribution is 5.93. The summed E-state index contributed by atoms with van der Waals surface area (Å²) in [5.41, 5.74) is 4.19. The molecular weight excluding hydrogens is 349 g/mol. The van der Waals surface area contributed by atoms with Crippen LogP contribution in [0.4, 0.5) is 10.3 Å². The van der Waals surface area contributed by atoms with Gasteiger partial charge in [-0.1, -0.05) is 12.1 Å². The number of hydrazine groups is 1. The molecule has 136 valence electrons. The first-order valence-electron chi connectivity index (χ1n) is 7.30. The first-order chi connectivity index (χ1) is 12.4. The molecule has 1 atom stereocenters. The number of carbonyl (C=O) groups is 2. The van der Waals surface area contributed by atoms with E-state index in [1.54, 1.807) is 6.07 Å². The zero-order valence-corrected chi connectivity index (χ0v) is 13.5. The number of nitro groups is 1. The minimum Gasteiger partial charge on any atom is -0.478 e. The van der Waals surface area contributed by atoms with Crippen LogP contribution in [0.1, 0.15) is 12.7 Å². The van der Waals surface area contributed by atoms with E-state index in [1.165, 1.54) is 37.3 Å². The van der Waals surface area contributed by atoms with Crippen molar-refractivity contribution in [3.8, 4) is 5.75 Å². The summed E-state index contributed by atoms with van der Waals surface area (Å²) in [6.45, 7) is 1.38. The van der Waals surface area contributed by atoms with Crippen LogP contribution in [0.2, 0.25) is 0 Å². The van der Waals surface area contributed by atoms with Crippen LogP contribution in [0, 0.1) is 15.9 Å². The van der Waals surface area contributed by atoms with Crippen LogP contribution in [0.5, 0.6) is 5.75 Å². The standard InChI is InChI=1S/C16H14FN3O6/c1-10(25-13-5-3-2-4-12(13)17)16(22)19-18-14(21)8-6-11-7-9-15(26-11)20(23)24/h2-10H,1H3,(H,18,21)(H,19,22)/b8-6+/t10-/m0/s1. The van der Waals surface area contributed by atoms with Gasteiger partial charge in [-0.2, -0.15) is 0 Å². The Bertz CT molecular complexity index is 848. The SMILES string of the molecule is C[C@H](Oc1ccccc1F)C(=O)NNC(=O)/C=C/c1ccc([N+](=O)[O-])o1. The van der Waals surface area contributed by atoms with Crippen LogP contribution in [-0.2, 0) is 9.59 Å². The monoisotopic (exact) mass is 363 g/mol. The third kappa shape index (κ3) is 5.16. The molecule has 0 saturated carbocycles. The maximum atomic E-state index is 13.5. The second kappa shape index (κ2) is 8.42. The highest BCUT2D eigenvalue weighted by atomic mass is 19.1. The minimum atomic E-state index is -1.07. The normalized spacial score (nSPS) is 11.8. The van der Waals surface area contributed by atoms with Gasteiger partial charge in [0.2, 0.25) is 0 Å². The van der Waals surface area contributed by atoms with Gasteiger partial charge in [0.15, 0.2) is 17.7 Å². The van der Waals surface area contributed by atoms with Crippen molar-refractivity contribution >= 4 is 23.8 Å². The van der Waals surface area contributed by atoms with E-state index in [0.717, 1.165) is 12.1 Å². The van der Waals surface area contributed by atoms with Crippen LogP contribution < -0.4 is 15.6 Å². The van der Waals surface area contributed by atoms with Gasteiger partial charge >= 0.3 is 5.88 Å². The van der Waals surface area contributed by atoms with Crippen molar-refractivity contribution in [2.45, 2.75) is 13.0 Å². The summed E-state index contributed by atoms with van der Waals surface area (Å²) in [5.74, 6) is -2.50. The predicted octanol–water partition coefficient (Wildman–Crippen LogP) is 1.95. The number of amides is 2. The molecule has 26 heavy (non-hydrogen) atoms.